The Morgan fingerprint density at radius 2 is 1.89 bits per heavy atom. The van der Waals surface area contributed by atoms with Gasteiger partial charge in [-0.15, -0.1) is 0 Å². The van der Waals surface area contributed by atoms with Crippen molar-refractivity contribution in [3.63, 3.8) is 0 Å². The average molecular weight is 380 g/mol. The van der Waals surface area contributed by atoms with Gasteiger partial charge < -0.3 is 14.3 Å². The first-order valence-electron chi connectivity index (χ1n) is 9.78. The smallest absolute Gasteiger partial charge is 0.250 e. The first-order valence-corrected chi connectivity index (χ1v) is 12.7. The summed E-state index contributed by atoms with van der Waals surface area (Å²) in [5, 5.41) is 15.1. The molecule has 0 amide bonds. The highest BCUT2D eigenvalue weighted by Gasteiger charge is 2.44. The highest BCUT2D eigenvalue weighted by atomic mass is 28.4. The van der Waals surface area contributed by atoms with Crippen LogP contribution in [-0.2, 0) is 17.9 Å². The maximum atomic E-state index is 9.92. The van der Waals surface area contributed by atoms with Gasteiger partial charge in [-0.3, -0.25) is 0 Å². The highest BCUT2D eigenvalue weighted by molar-refractivity contribution is 6.74. The number of benzene rings is 1. The highest BCUT2D eigenvalue weighted by Crippen LogP contribution is 2.45. The monoisotopic (exact) mass is 379 g/mol. The van der Waals surface area contributed by atoms with Crippen LogP contribution in [0.3, 0.4) is 0 Å². The number of nitrogens with zero attached hydrogens (tertiary/aromatic N) is 2. The lowest BCUT2D eigenvalue weighted by molar-refractivity contribution is 0.292. The molecule has 3 heterocycles. The molecule has 2 aromatic rings. The summed E-state index contributed by atoms with van der Waals surface area (Å²) < 4.78 is 8.98. The van der Waals surface area contributed by atoms with Crippen molar-refractivity contribution < 1.29 is 4.43 Å². The van der Waals surface area contributed by atoms with E-state index in [2.05, 4.69) is 81.1 Å². The number of aromatic nitrogens is 1. The zero-order valence-electron chi connectivity index (χ0n) is 17.2. The average Bonchev–Trinajstić information content (AvgIpc) is 2.87. The molecule has 27 heavy (non-hydrogen) atoms. The molecule has 142 valence electrons. The summed E-state index contributed by atoms with van der Waals surface area (Å²) in [6.45, 7) is 11.3. The summed E-state index contributed by atoms with van der Waals surface area (Å²) in [5.74, 6) is 0.925. The number of aryl methyl sites for hydroxylation is 1. The van der Waals surface area contributed by atoms with Crippen LogP contribution in [0.1, 0.15) is 44.5 Å². The van der Waals surface area contributed by atoms with Gasteiger partial charge in [-0.1, -0.05) is 39.0 Å². The third-order valence-corrected chi connectivity index (χ3v) is 11.1. The molecule has 0 radical (unpaired) electrons. The Bertz CT molecular complexity index is 987. The molecular weight excluding hydrogens is 350 g/mol. The van der Waals surface area contributed by atoms with Gasteiger partial charge in [-0.25, -0.2) is 0 Å². The first-order chi connectivity index (χ1) is 12.6. The van der Waals surface area contributed by atoms with Crippen LogP contribution in [0.5, 0.6) is 0 Å². The van der Waals surface area contributed by atoms with Gasteiger partial charge >= 0.3 is 0 Å². The van der Waals surface area contributed by atoms with Crippen molar-refractivity contribution in [3.05, 3.63) is 46.9 Å². The summed E-state index contributed by atoms with van der Waals surface area (Å²) in [4.78, 5) is 0. The molecule has 0 fully saturated rings. The van der Waals surface area contributed by atoms with Crippen molar-refractivity contribution >= 4 is 19.2 Å². The molecule has 2 aliphatic heterocycles. The molecule has 0 saturated carbocycles. The molecular formula is C22H29N3OSi. The number of para-hydroxylation sites is 1. The maximum Gasteiger partial charge on any atom is 0.250 e. The van der Waals surface area contributed by atoms with E-state index in [9.17, 15) is 5.26 Å². The Kier molecular flexibility index (Phi) is 4.06. The fraction of sp³-hybridized carbons (Fsp3) is 0.500. The van der Waals surface area contributed by atoms with Crippen LogP contribution < -0.4 is 5.32 Å². The molecule has 1 aromatic carbocycles. The van der Waals surface area contributed by atoms with Crippen molar-refractivity contribution in [1.29, 1.82) is 5.26 Å². The fourth-order valence-electron chi connectivity index (χ4n) is 4.26. The standard InChI is InChI=1S/C22H29N3OSi/c1-22(2,3)27(5,6)26-20-12-18-21-15(11-17(24-18)16(20)13-23)14-9-7-8-10-19(14)25(21)4/h7-10,17-18,24H,11-12H2,1-6H3/t17-,18-/m0/s1. The van der Waals surface area contributed by atoms with Crippen LogP contribution >= 0.6 is 0 Å². The molecule has 5 heteroatoms. The molecule has 0 spiro atoms. The van der Waals surface area contributed by atoms with Crippen LogP contribution in [0.2, 0.25) is 18.1 Å². The number of hydrogen-bond donors (Lipinski definition) is 1. The maximum absolute atomic E-state index is 9.92. The van der Waals surface area contributed by atoms with E-state index in [0.717, 1.165) is 24.2 Å². The van der Waals surface area contributed by atoms with Crippen molar-refractivity contribution in [2.45, 2.75) is 63.8 Å². The van der Waals surface area contributed by atoms with Gasteiger partial charge in [0.25, 0.3) is 0 Å². The lowest BCUT2D eigenvalue weighted by Gasteiger charge is -2.42. The van der Waals surface area contributed by atoms with E-state index in [0.29, 0.717) is 0 Å². The number of rotatable bonds is 2. The van der Waals surface area contributed by atoms with Crippen LogP contribution in [0.25, 0.3) is 10.9 Å². The molecule has 4 rings (SSSR count). The van der Waals surface area contributed by atoms with Gasteiger partial charge in [-0.2, -0.15) is 5.26 Å². The topological polar surface area (TPSA) is 50.0 Å². The summed E-state index contributed by atoms with van der Waals surface area (Å²) in [6, 6.07) is 11.3. The van der Waals surface area contributed by atoms with Gasteiger partial charge in [0, 0.05) is 30.1 Å². The van der Waals surface area contributed by atoms with Crippen molar-refractivity contribution in [1.82, 2.24) is 9.88 Å². The fourth-order valence-corrected chi connectivity index (χ4v) is 5.38. The number of nitrogens with one attached hydrogen (secondary N) is 1. The quantitative estimate of drug-likeness (QED) is 0.752. The minimum atomic E-state index is -1.98. The Labute approximate surface area is 163 Å². The van der Waals surface area contributed by atoms with E-state index in [1.807, 2.05) is 0 Å². The number of nitriles is 1. The first kappa shape index (κ1) is 18.3. The molecule has 1 N–H and O–H groups in total. The van der Waals surface area contributed by atoms with Crippen molar-refractivity contribution in [3.8, 4) is 6.07 Å². The zero-order valence-corrected chi connectivity index (χ0v) is 18.2. The SMILES string of the molecule is Cn1c2c(c3ccccc31)C[C@@H]1N[C@H]2CC(O[Si](C)(C)C(C)(C)C)=C1C#N. The minimum absolute atomic E-state index is 0.0480. The van der Waals surface area contributed by atoms with E-state index >= 15 is 0 Å². The van der Waals surface area contributed by atoms with Gasteiger partial charge in [0.1, 0.15) is 0 Å². The summed E-state index contributed by atoms with van der Waals surface area (Å²) in [5.41, 5.74) is 4.80. The molecule has 2 aliphatic rings. The molecule has 0 unspecified atom stereocenters. The normalized spacial score (nSPS) is 22.6. The predicted octanol–water partition coefficient (Wildman–Crippen LogP) is 4.94. The van der Waals surface area contributed by atoms with E-state index in [-0.39, 0.29) is 17.1 Å². The largest absolute Gasteiger partial charge is 0.546 e. The van der Waals surface area contributed by atoms with Crippen molar-refractivity contribution in [2.24, 2.45) is 7.05 Å². The zero-order chi connectivity index (χ0) is 19.6. The third-order valence-electron chi connectivity index (χ3n) is 6.75. The molecule has 2 atom stereocenters. The van der Waals surface area contributed by atoms with E-state index in [1.165, 1.54) is 22.2 Å². The van der Waals surface area contributed by atoms with Crippen LogP contribution in [0, 0.1) is 11.3 Å². The molecule has 0 aliphatic carbocycles. The molecule has 4 nitrogen and oxygen atoms in total. The summed E-state index contributed by atoms with van der Waals surface area (Å²) in [6.07, 6.45) is 1.60. The predicted molar refractivity (Wildman–Crippen MR) is 112 cm³/mol. The lowest BCUT2D eigenvalue weighted by atomic mass is 9.84. The Balaban J connectivity index is 1.79. The van der Waals surface area contributed by atoms with Crippen LogP contribution in [0.4, 0.5) is 0 Å². The summed E-state index contributed by atoms with van der Waals surface area (Å²) >= 11 is 0. The Hall–Kier alpha value is -2.03. The Morgan fingerprint density at radius 1 is 1.19 bits per heavy atom. The number of fused-ring (bicyclic) bond motifs is 6. The van der Waals surface area contributed by atoms with Crippen molar-refractivity contribution in [2.75, 3.05) is 0 Å². The van der Waals surface area contributed by atoms with Gasteiger partial charge in [0.15, 0.2) is 0 Å². The second-order valence-electron chi connectivity index (χ2n) is 9.43. The van der Waals surface area contributed by atoms with Crippen LogP contribution in [0.15, 0.2) is 35.6 Å². The minimum Gasteiger partial charge on any atom is -0.546 e. The molecule has 2 bridgehead atoms. The second-order valence-corrected chi connectivity index (χ2v) is 14.2. The van der Waals surface area contributed by atoms with E-state index in [1.54, 1.807) is 0 Å². The lowest BCUT2D eigenvalue weighted by Crippen LogP contribution is -2.47. The van der Waals surface area contributed by atoms with Crippen LogP contribution in [-0.4, -0.2) is 18.9 Å². The van der Waals surface area contributed by atoms with Gasteiger partial charge in [0.2, 0.25) is 8.32 Å². The van der Waals surface area contributed by atoms with E-state index < -0.39 is 8.32 Å². The Morgan fingerprint density at radius 3 is 2.56 bits per heavy atom. The van der Waals surface area contributed by atoms with Gasteiger partial charge in [-0.05, 0) is 36.2 Å². The third kappa shape index (κ3) is 2.74. The summed E-state index contributed by atoms with van der Waals surface area (Å²) in [7, 11) is 0.175. The molecule has 0 saturated heterocycles. The number of hydrogen-bond acceptors (Lipinski definition) is 3. The van der Waals surface area contributed by atoms with E-state index in [4.69, 9.17) is 4.43 Å². The van der Waals surface area contributed by atoms with Gasteiger partial charge in [0.05, 0.1) is 29.5 Å². The second kappa shape index (κ2) is 5.98. The molecule has 1 aromatic heterocycles.